The Hall–Kier alpha value is -2.92. The van der Waals surface area contributed by atoms with Gasteiger partial charge in [0.05, 0.1) is 23.1 Å². The number of aromatic nitrogens is 2. The van der Waals surface area contributed by atoms with Crippen molar-refractivity contribution in [1.82, 2.24) is 9.97 Å². The van der Waals surface area contributed by atoms with Crippen molar-refractivity contribution in [3.8, 4) is 17.0 Å². The quantitative estimate of drug-likeness (QED) is 0.323. The van der Waals surface area contributed by atoms with Crippen molar-refractivity contribution < 1.29 is 9.15 Å². The van der Waals surface area contributed by atoms with Crippen LogP contribution >= 0.6 is 11.3 Å². The van der Waals surface area contributed by atoms with Crippen LogP contribution in [0.4, 0.5) is 0 Å². The van der Waals surface area contributed by atoms with E-state index < -0.39 is 0 Å². The van der Waals surface area contributed by atoms with Gasteiger partial charge in [-0.2, -0.15) is 0 Å². The van der Waals surface area contributed by atoms with Crippen molar-refractivity contribution in [2.45, 2.75) is 32.6 Å². The Bertz CT molecular complexity index is 1420. The molecule has 5 heteroatoms. The molecule has 1 aliphatic heterocycles. The Morgan fingerprint density at radius 2 is 1.93 bits per heavy atom. The zero-order chi connectivity index (χ0) is 19.8. The van der Waals surface area contributed by atoms with Crippen LogP contribution in [-0.2, 0) is 11.8 Å². The molecule has 29 heavy (non-hydrogen) atoms. The molecule has 0 saturated heterocycles. The summed E-state index contributed by atoms with van der Waals surface area (Å²) in [5, 5.41) is 5.34. The van der Waals surface area contributed by atoms with Gasteiger partial charge in [-0.3, -0.25) is 0 Å². The molecule has 0 N–H and O–H groups in total. The minimum Gasteiger partial charge on any atom is -0.492 e. The number of furan rings is 1. The summed E-state index contributed by atoms with van der Waals surface area (Å²) in [5.41, 5.74) is 5.99. The molecule has 0 fully saturated rings. The Kier molecular flexibility index (Phi) is 3.40. The molecule has 1 aliphatic rings. The van der Waals surface area contributed by atoms with E-state index in [9.17, 15) is 0 Å². The van der Waals surface area contributed by atoms with Crippen molar-refractivity contribution in [3.05, 3.63) is 53.2 Å². The van der Waals surface area contributed by atoms with Gasteiger partial charge in [-0.1, -0.05) is 26.8 Å². The number of benzene rings is 2. The van der Waals surface area contributed by atoms with E-state index in [-0.39, 0.29) is 5.41 Å². The summed E-state index contributed by atoms with van der Waals surface area (Å²) in [4.78, 5) is 9.14. The monoisotopic (exact) mass is 400 g/mol. The fourth-order valence-corrected chi connectivity index (χ4v) is 5.43. The normalized spacial score (nSPS) is 14.0. The van der Waals surface area contributed by atoms with E-state index in [4.69, 9.17) is 14.1 Å². The highest BCUT2D eigenvalue weighted by Gasteiger charge is 2.25. The summed E-state index contributed by atoms with van der Waals surface area (Å²) in [6, 6.07) is 10.8. The van der Waals surface area contributed by atoms with Gasteiger partial charge in [-0.15, -0.1) is 11.3 Å². The van der Waals surface area contributed by atoms with Gasteiger partial charge in [0, 0.05) is 16.7 Å². The number of rotatable bonds is 1. The SMILES string of the molecule is CC(C)(C)c1cc(-c2ncnc3oc4ccc5c(c4c23)OCC5)cc2ccsc12. The van der Waals surface area contributed by atoms with Gasteiger partial charge in [0.15, 0.2) is 0 Å². The highest BCUT2D eigenvalue weighted by atomic mass is 32.1. The summed E-state index contributed by atoms with van der Waals surface area (Å²) in [7, 11) is 0. The molecular weight excluding hydrogens is 380 g/mol. The maximum atomic E-state index is 6.08. The Labute approximate surface area is 172 Å². The van der Waals surface area contributed by atoms with Gasteiger partial charge >= 0.3 is 0 Å². The maximum Gasteiger partial charge on any atom is 0.231 e. The Morgan fingerprint density at radius 1 is 1.03 bits per heavy atom. The van der Waals surface area contributed by atoms with Crippen molar-refractivity contribution in [1.29, 1.82) is 0 Å². The van der Waals surface area contributed by atoms with Gasteiger partial charge in [0.25, 0.3) is 0 Å². The summed E-state index contributed by atoms with van der Waals surface area (Å²) in [6.07, 6.45) is 2.52. The molecular formula is C24H20N2O2S. The van der Waals surface area contributed by atoms with E-state index in [1.165, 1.54) is 21.2 Å². The van der Waals surface area contributed by atoms with Crippen molar-refractivity contribution in [2.75, 3.05) is 6.61 Å². The molecule has 6 rings (SSSR count). The Morgan fingerprint density at radius 3 is 2.79 bits per heavy atom. The van der Waals surface area contributed by atoms with Gasteiger partial charge < -0.3 is 9.15 Å². The average molecular weight is 401 g/mol. The number of nitrogens with zero attached hydrogens (tertiary/aromatic N) is 2. The summed E-state index contributed by atoms with van der Waals surface area (Å²) < 4.78 is 13.4. The first kappa shape index (κ1) is 17.0. The molecule has 2 aromatic carbocycles. The topological polar surface area (TPSA) is 48.2 Å². The fourth-order valence-electron chi connectivity index (χ4n) is 4.33. The molecule has 4 heterocycles. The molecule has 4 nitrogen and oxygen atoms in total. The van der Waals surface area contributed by atoms with Gasteiger partial charge in [0.2, 0.25) is 5.71 Å². The first-order valence-corrected chi connectivity index (χ1v) is 10.7. The van der Waals surface area contributed by atoms with Crippen molar-refractivity contribution >= 4 is 43.5 Å². The van der Waals surface area contributed by atoms with Gasteiger partial charge in [-0.25, -0.2) is 9.97 Å². The number of thiophene rings is 1. The van der Waals surface area contributed by atoms with Crippen LogP contribution in [0.15, 0.2) is 46.5 Å². The molecule has 5 aromatic rings. The van der Waals surface area contributed by atoms with Crippen LogP contribution in [0, 0.1) is 0 Å². The lowest BCUT2D eigenvalue weighted by atomic mass is 9.85. The van der Waals surface area contributed by atoms with E-state index in [0.29, 0.717) is 12.3 Å². The van der Waals surface area contributed by atoms with Crippen LogP contribution in [0.2, 0.25) is 0 Å². The predicted molar refractivity (Wildman–Crippen MR) is 118 cm³/mol. The molecule has 0 unspecified atom stereocenters. The van der Waals surface area contributed by atoms with Crippen LogP contribution in [0.1, 0.15) is 31.9 Å². The number of hydrogen-bond donors (Lipinski definition) is 0. The summed E-state index contributed by atoms with van der Waals surface area (Å²) in [6.45, 7) is 7.48. The van der Waals surface area contributed by atoms with Gasteiger partial charge in [0.1, 0.15) is 17.7 Å². The van der Waals surface area contributed by atoms with Crippen molar-refractivity contribution in [2.24, 2.45) is 0 Å². The van der Waals surface area contributed by atoms with Crippen LogP contribution in [-0.4, -0.2) is 16.6 Å². The standard InChI is InChI=1S/C24H20N2O2S/c1-24(2,3)16-11-15(10-14-7-9-29-22(14)16)20-19-18-17(28-23(19)26-12-25-20)5-4-13-6-8-27-21(13)18/h4-5,7,9-12H,6,8H2,1-3H3. The van der Waals surface area contributed by atoms with Crippen molar-refractivity contribution in [3.63, 3.8) is 0 Å². The minimum atomic E-state index is 0.0358. The van der Waals surface area contributed by atoms with Gasteiger partial charge in [-0.05, 0) is 51.6 Å². The number of fused-ring (bicyclic) bond motifs is 6. The average Bonchev–Trinajstić information content (AvgIpc) is 3.41. The highest BCUT2D eigenvalue weighted by molar-refractivity contribution is 7.17. The molecule has 0 aliphatic carbocycles. The highest BCUT2D eigenvalue weighted by Crippen LogP contribution is 2.44. The molecule has 144 valence electrons. The Balaban J connectivity index is 1.73. The van der Waals surface area contributed by atoms with E-state index in [1.807, 2.05) is 6.07 Å². The van der Waals surface area contributed by atoms with Crippen LogP contribution in [0.3, 0.4) is 0 Å². The van der Waals surface area contributed by atoms with E-state index in [1.54, 1.807) is 17.7 Å². The zero-order valence-corrected chi connectivity index (χ0v) is 17.4. The largest absolute Gasteiger partial charge is 0.492 e. The molecule has 0 bridgehead atoms. The number of ether oxygens (including phenoxy) is 1. The molecule has 3 aromatic heterocycles. The maximum absolute atomic E-state index is 6.08. The van der Waals surface area contributed by atoms with Crippen LogP contribution in [0.5, 0.6) is 5.75 Å². The van der Waals surface area contributed by atoms with E-state index in [2.05, 4.69) is 55.4 Å². The smallest absolute Gasteiger partial charge is 0.231 e. The molecule has 0 saturated carbocycles. The van der Waals surface area contributed by atoms with E-state index >= 15 is 0 Å². The molecule has 0 atom stereocenters. The van der Waals surface area contributed by atoms with Crippen LogP contribution < -0.4 is 4.74 Å². The second kappa shape index (κ2) is 5.80. The molecule has 0 spiro atoms. The number of hydrogen-bond acceptors (Lipinski definition) is 5. The third-order valence-corrected chi connectivity index (χ3v) is 6.68. The zero-order valence-electron chi connectivity index (χ0n) is 16.6. The fraction of sp³-hybridized carbons (Fsp3) is 0.250. The third kappa shape index (κ3) is 2.43. The van der Waals surface area contributed by atoms with E-state index in [0.717, 1.165) is 39.8 Å². The van der Waals surface area contributed by atoms with Crippen LogP contribution in [0.25, 0.3) is 43.4 Å². The third-order valence-electron chi connectivity index (χ3n) is 5.72. The second-order valence-corrected chi connectivity index (χ2v) is 9.56. The lowest BCUT2D eigenvalue weighted by Crippen LogP contribution is -2.11. The second-order valence-electron chi connectivity index (χ2n) is 8.64. The molecule has 0 amide bonds. The summed E-state index contributed by atoms with van der Waals surface area (Å²) in [5.74, 6) is 0.921. The minimum absolute atomic E-state index is 0.0358. The summed E-state index contributed by atoms with van der Waals surface area (Å²) >= 11 is 1.80. The predicted octanol–water partition coefficient (Wildman–Crippen LogP) is 6.49. The molecule has 0 radical (unpaired) electrons. The lowest BCUT2D eigenvalue weighted by molar-refractivity contribution is 0.360. The first-order chi connectivity index (χ1) is 14.0. The lowest BCUT2D eigenvalue weighted by Gasteiger charge is -2.21. The first-order valence-electron chi connectivity index (χ1n) is 9.85.